The number of amides is 1. The first-order valence-electron chi connectivity index (χ1n) is 9.45. The van der Waals surface area contributed by atoms with Gasteiger partial charge in [0.1, 0.15) is 5.69 Å². The van der Waals surface area contributed by atoms with Crippen molar-refractivity contribution < 1.29 is 9.72 Å². The van der Waals surface area contributed by atoms with Crippen molar-refractivity contribution >= 4 is 17.3 Å². The van der Waals surface area contributed by atoms with Crippen LogP contribution in [0.3, 0.4) is 0 Å². The van der Waals surface area contributed by atoms with Crippen LogP contribution in [-0.2, 0) is 11.2 Å². The SMILES string of the molecule is O=C(CN(CCc1ccccc1)C1CCCC1)Nc1ccccc1[N+](=O)[O-]. The normalized spacial score (nSPS) is 14.4. The summed E-state index contributed by atoms with van der Waals surface area (Å²) in [6, 6.07) is 16.9. The molecule has 0 atom stereocenters. The van der Waals surface area contributed by atoms with Crippen LogP contribution in [0.2, 0.25) is 0 Å². The van der Waals surface area contributed by atoms with E-state index in [-0.39, 0.29) is 23.8 Å². The Bertz CT molecular complexity index is 773. The van der Waals surface area contributed by atoms with Crippen LogP contribution < -0.4 is 5.32 Å². The summed E-state index contributed by atoms with van der Waals surface area (Å²) in [5, 5.41) is 13.9. The van der Waals surface area contributed by atoms with Gasteiger partial charge in [0.05, 0.1) is 11.5 Å². The van der Waals surface area contributed by atoms with Crippen LogP contribution in [0.1, 0.15) is 31.2 Å². The number of anilines is 1. The lowest BCUT2D eigenvalue weighted by molar-refractivity contribution is -0.383. The maximum absolute atomic E-state index is 12.6. The summed E-state index contributed by atoms with van der Waals surface area (Å²) in [7, 11) is 0. The van der Waals surface area contributed by atoms with Gasteiger partial charge in [-0.15, -0.1) is 0 Å². The van der Waals surface area contributed by atoms with Crippen LogP contribution in [0.25, 0.3) is 0 Å². The third-order valence-electron chi connectivity index (χ3n) is 5.09. The second-order valence-corrected chi connectivity index (χ2v) is 6.97. The molecule has 0 saturated heterocycles. The molecule has 6 heteroatoms. The quantitative estimate of drug-likeness (QED) is 0.565. The molecule has 1 aliphatic carbocycles. The monoisotopic (exact) mass is 367 g/mol. The molecule has 0 heterocycles. The Labute approximate surface area is 159 Å². The van der Waals surface area contributed by atoms with Gasteiger partial charge in [-0.1, -0.05) is 55.3 Å². The number of benzene rings is 2. The molecule has 0 aromatic heterocycles. The van der Waals surface area contributed by atoms with E-state index in [1.165, 1.54) is 24.5 Å². The molecule has 27 heavy (non-hydrogen) atoms. The lowest BCUT2D eigenvalue weighted by Crippen LogP contribution is -2.40. The van der Waals surface area contributed by atoms with Crippen LogP contribution in [0.15, 0.2) is 54.6 Å². The summed E-state index contributed by atoms with van der Waals surface area (Å²) in [6.45, 7) is 1.06. The molecule has 2 aromatic carbocycles. The fraction of sp³-hybridized carbons (Fsp3) is 0.381. The summed E-state index contributed by atoms with van der Waals surface area (Å²) in [6.07, 6.45) is 5.48. The third-order valence-corrected chi connectivity index (χ3v) is 5.09. The zero-order valence-electron chi connectivity index (χ0n) is 15.3. The minimum Gasteiger partial charge on any atom is -0.319 e. The van der Waals surface area contributed by atoms with E-state index in [0.717, 1.165) is 25.8 Å². The highest BCUT2D eigenvalue weighted by Gasteiger charge is 2.25. The van der Waals surface area contributed by atoms with Gasteiger partial charge in [0.25, 0.3) is 5.69 Å². The predicted molar refractivity (Wildman–Crippen MR) is 106 cm³/mol. The van der Waals surface area contributed by atoms with Gasteiger partial charge in [0, 0.05) is 18.7 Å². The Morgan fingerprint density at radius 2 is 1.74 bits per heavy atom. The number of nitro groups is 1. The standard InChI is InChI=1S/C21H25N3O3/c25-21(22-19-12-6-7-13-20(19)24(26)27)16-23(18-10-4-5-11-18)15-14-17-8-2-1-3-9-17/h1-3,6-9,12-13,18H,4-5,10-11,14-16H2,(H,22,25). The first kappa shape index (κ1) is 19.0. The fourth-order valence-electron chi connectivity index (χ4n) is 3.69. The second-order valence-electron chi connectivity index (χ2n) is 6.97. The first-order valence-corrected chi connectivity index (χ1v) is 9.45. The molecule has 1 fully saturated rings. The lowest BCUT2D eigenvalue weighted by Gasteiger charge is -2.28. The Morgan fingerprint density at radius 3 is 2.44 bits per heavy atom. The van der Waals surface area contributed by atoms with Gasteiger partial charge in [-0.05, 0) is 30.9 Å². The lowest BCUT2D eigenvalue weighted by atomic mass is 10.1. The molecule has 3 rings (SSSR count). The number of carbonyl (C=O) groups is 1. The summed E-state index contributed by atoms with van der Waals surface area (Å²) >= 11 is 0. The maximum Gasteiger partial charge on any atom is 0.292 e. The van der Waals surface area contributed by atoms with Crippen molar-refractivity contribution in [3.63, 3.8) is 0 Å². The highest BCUT2D eigenvalue weighted by Crippen LogP contribution is 2.25. The molecule has 0 spiro atoms. The van der Waals surface area contributed by atoms with Crippen molar-refractivity contribution in [3.8, 4) is 0 Å². The molecule has 6 nitrogen and oxygen atoms in total. The average molecular weight is 367 g/mol. The molecule has 0 bridgehead atoms. The van der Waals surface area contributed by atoms with Crippen LogP contribution in [0.5, 0.6) is 0 Å². The van der Waals surface area contributed by atoms with Crippen molar-refractivity contribution in [2.75, 3.05) is 18.4 Å². The molecule has 1 N–H and O–H groups in total. The molecular weight excluding hydrogens is 342 g/mol. The van der Waals surface area contributed by atoms with Crippen molar-refractivity contribution in [3.05, 3.63) is 70.3 Å². The summed E-state index contributed by atoms with van der Waals surface area (Å²) in [5.74, 6) is -0.204. The minimum atomic E-state index is -0.472. The van der Waals surface area contributed by atoms with Gasteiger partial charge in [-0.2, -0.15) is 0 Å². The van der Waals surface area contributed by atoms with E-state index in [1.807, 2.05) is 18.2 Å². The number of hydrogen-bond acceptors (Lipinski definition) is 4. The largest absolute Gasteiger partial charge is 0.319 e. The van der Waals surface area contributed by atoms with Gasteiger partial charge in [-0.3, -0.25) is 19.8 Å². The Kier molecular flexibility index (Phi) is 6.54. The highest BCUT2D eigenvalue weighted by atomic mass is 16.6. The molecule has 1 saturated carbocycles. The molecule has 1 aliphatic rings. The van der Waals surface area contributed by atoms with E-state index in [9.17, 15) is 14.9 Å². The number of hydrogen-bond donors (Lipinski definition) is 1. The third kappa shape index (κ3) is 5.37. The van der Waals surface area contributed by atoms with Crippen molar-refractivity contribution in [1.29, 1.82) is 0 Å². The summed E-state index contributed by atoms with van der Waals surface area (Å²) in [4.78, 5) is 25.5. The van der Waals surface area contributed by atoms with Gasteiger partial charge < -0.3 is 5.32 Å². The number of rotatable bonds is 8. The van der Waals surface area contributed by atoms with Crippen LogP contribution >= 0.6 is 0 Å². The van der Waals surface area contributed by atoms with Crippen LogP contribution in [0.4, 0.5) is 11.4 Å². The Balaban J connectivity index is 1.64. The van der Waals surface area contributed by atoms with Crippen LogP contribution in [-0.4, -0.2) is 34.9 Å². The van der Waals surface area contributed by atoms with Crippen LogP contribution in [0, 0.1) is 10.1 Å². The van der Waals surface area contributed by atoms with E-state index in [2.05, 4.69) is 22.3 Å². The molecule has 0 aliphatic heterocycles. The smallest absolute Gasteiger partial charge is 0.292 e. The van der Waals surface area contributed by atoms with Gasteiger partial charge in [-0.25, -0.2) is 0 Å². The molecule has 0 unspecified atom stereocenters. The van der Waals surface area contributed by atoms with Crippen molar-refractivity contribution in [1.82, 2.24) is 4.90 Å². The minimum absolute atomic E-state index is 0.0810. The van der Waals surface area contributed by atoms with Gasteiger partial charge in [0.2, 0.25) is 5.91 Å². The average Bonchev–Trinajstić information content (AvgIpc) is 3.21. The Morgan fingerprint density at radius 1 is 1.07 bits per heavy atom. The van der Waals surface area contributed by atoms with Gasteiger partial charge >= 0.3 is 0 Å². The number of nitrogens with zero attached hydrogens (tertiary/aromatic N) is 2. The van der Waals surface area contributed by atoms with Crippen molar-refractivity contribution in [2.45, 2.75) is 38.1 Å². The van der Waals surface area contributed by atoms with E-state index in [4.69, 9.17) is 0 Å². The van der Waals surface area contributed by atoms with E-state index < -0.39 is 4.92 Å². The molecule has 0 radical (unpaired) electrons. The summed E-state index contributed by atoms with van der Waals surface area (Å²) < 4.78 is 0. The van der Waals surface area contributed by atoms with E-state index in [1.54, 1.807) is 18.2 Å². The molecule has 1 amide bonds. The molecule has 142 valence electrons. The predicted octanol–water partition coefficient (Wildman–Crippen LogP) is 4.02. The maximum atomic E-state index is 12.6. The Hall–Kier alpha value is -2.73. The number of carbonyl (C=O) groups excluding carboxylic acids is 1. The summed E-state index contributed by atoms with van der Waals surface area (Å²) in [5.41, 5.74) is 1.42. The van der Waals surface area contributed by atoms with Crippen molar-refractivity contribution in [2.24, 2.45) is 0 Å². The fourth-order valence-corrected chi connectivity index (χ4v) is 3.69. The number of para-hydroxylation sites is 2. The zero-order chi connectivity index (χ0) is 19.1. The van der Waals surface area contributed by atoms with E-state index >= 15 is 0 Å². The first-order chi connectivity index (χ1) is 13.1. The van der Waals surface area contributed by atoms with Gasteiger partial charge in [0.15, 0.2) is 0 Å². The molecule has 2 aromatic rings. The highest BCUT2D eigenvalue weighted by molar-refractivity contribution is 5.94. The zero-order valence-corrected chi connectivity index (χ0v) is 15.3. The second kappa shape index (κ2) is 9.28. The number of nitro benzene ring substituents is 1. The molecular formula is C21H25N3O3. The topological polar surface area (TPSA) is 75.5 Å². The van der Waals surface area contributed by atoms with E-state index in [0.29, 0.717) is 6.04 Å². The number of nitrogens with one attached hydrogen (secondary N) is 1.